The monoisotopic (exact) mass is 272 g/mol. The summed E-state index contributed by atoms with van der Waals surface area (Å²) in [5.41, 5.74) is 1.49. The molecule has 0 aliphatic rings. The average Bonchev–Trinajstić information content (AvgIpc) is 2.52. The number of hydrogen-bond donors (Lipinski definition) is 0. The third-order valence-electron chi connectivity index (χ3n) is 2.90. The molecule has 0 N–H and O–H groups in total. The van der Waals surface area contributed by atoms with Gasteiger partial charge in [-0.05, 0) is 24.3 Å². The zero-order valence-electron chi connectivity index (χ0n) is 11.5. The van der Waals surface area contributed by atoms with Crippen LogP contribution < -0.4 is 14.2 Å². The highest BCUT2D eigenvalue weighted by Crippen LogP contribution is 2.29. The highest BCUT2D eigenvalue weighted by Gasteiger charge is 2.08. The molecule has 0 bridgehead atoms. The van der Waals surface area contributed by atoms with Gasteiger partial charge in [-0.2, -0.15) is 0 Å². The quantitative estimate of drug-likeness (QED) is 0.758. The van der Waals surface area contributed by atoms with E-state index in [2.05, 4.69) is 0 Å². The number of hydrogen-bond acceptors (Lipinski definition) is 4. The van der Waals surface area contributed by atoms with Gasteiger partial charge in [0.25, 0.3) is 0 Å². The van der Waals surface area contributed by atoms with Crippen LogP contribution in [0.5, 0.6) is 17.2 Å². The van der Waals surface area contributed by atoms with Gasteiger partial charge in [0, 0.05) is 11.1 Å². The second-order valence-corrected chi connectivity index (χ2v) is 4.13. The van der Waals surface area contributed by atoms with Gasteiger partial charge in [0.1, 0.15) is 18.6 Å². The number of benzene rings is 2. The Morgan fingerprint density at radius 1 is 0.950 bits per heavy atom. The van der Waals surface area contributed by atoms with E-state index in [1.807, 2.05) is 24.3 Å². The van der Waals surface area contributed by atoms with Crippen molar-refractivity contribution in [2.24, 2.45) is 0 Å². The fraction of sp³-hybridized carbons (Fsp3) is 0.188. The van der Waals surface area contributed by atoms with Crippen LogP contribution in [-0.4, -0.2) is 20.5 Å². The van der Waals surface area contributed by atoms with Crippen molar-refractivity contribution in [1.29, 1.82) is 0 Å². The molecular weight excluding hydrogens is 256 g/mol. The van der Waals surface area contributed by atoms with Gasteiger partial charge in [0.05, 0.1) is 14.2 Å². The van der Waals surface area contributed by atoms with E-state index in [1.165, 1.54) is 0 Å². The van der Waals surface area contributed by atoms with Crippen LogP contribution in [0.2, 0.25) is 0 Å². The van der Waals surface area contributed by atoms with Gasteiger partial charge in [0.15, 0.2) is 11.5 Å². The summed E-state index contributed by atoms with van der Waals surface area (Å²) in [6, 6.07) is 12.7. The predicted molar refractivity (Wildman–Crippen MR) is 75.7 cm³/mol. The van der Waals surface area contributed by atoms with Crippen LogP contribution in [0, 0.1) is 0 Å². The zero-order chi connectivity index (χ0) is 14.4. The van der Waals surface area contributed by atoms with E-state index in [-0.39, 0.29) is 0 Å². The highest BCUT2D eigenvalue weighted by atomic mass is 16.5. The molecule has 0 aromatic heterocycles. The third-order valence-corrected chi connectivity index (χ3v) is 2.90. The third kappa shape index (κ3) is 3.09. The molecule has 0 spiro atoms. The molecule has 0 aliphatic heterocycles. The summed E-state index contributed by atoms with van der Waals surface area (Å²) >= 11 is 0. The van der Waals surface area contributed by atoms with Gasteiger partial charge in [-0.15, -0.1) is 0 Å². The molecule has 0 fully saturated rings. The summed E-state index contributed by atoms with van der Waals surface area (Å²) < 4.78 is 16.2. The number of aldehydes is 1. The summed E-state index contributed by atoms with van der Waals surface area (Å²) in [6.07, 6.45) is 0.770. The van der Waals surface area contributed by atoms with Crippen molar-refractivity contribution in [3.63, 3.8) is 0 Å². The largest absolute Gasteiger partial charge is 0.496 e. The number of para-hydroxylation sites is 1. The Balaban J connectivity index is 2.16. The summed E-state index contributed by atoms with van der Waals surface area (Å²) in [5, 5.41) is 0. The van der Waals surface area contributed by atoms with E-state index in [0.717, 1.165) is 17.6 Å². The maximum atomic E-state index is 10.7. The van der Waals surface area contributed by atoms with Crippen LogP contribution in [0.15, 0.2) is 42.5 Å². The lowest BCUT2D eigenvalue weighted by Crippen LogP contribution is -2.00. The minimum Gasteiger partial charge on any atom is -0.496 e. The Morgan fingerprint density at radius 3 is 2.40 bits per heavy atom. The smallest absolute Gasteiger partial charge is 0.161 e. The van der Waals surface area contributed by atoms with Crippen LogP contribution in [0.1, 0.15) is 15.9 Å². The number of carbonyl (C=O) groups is 1. The van der Waals surface area contributed by atoms with Crippen molar-refractivity contribution < 1.29 is 19.0 Å². The van der Waals surface area contributed by atoms with Gasteiger partial charge in [0.2, 0.25) is 0 Å². The summed E-state index contributed by atoms with van der Waals surface area (Å²) in [6.45, 7) is 0.362. The molecular formula is C16H16O4. The molecule has 0 unspecified atom stereocenters. The molecule has 104 valence electrons. The Bertz CT molecular complexity index is 593. The maximum absolute atomic E-state index is 10.7. The lowest BCUT2D eigenvalue weighted by atomic mass is 10.2. The molecule has 0 saturated heterocycles. The van der Waals surface area contributed by atoms with Crippen LogP contribution in [-0.2, 0) is 6.61 Å². The topological polar surface area (TPSA) is 44.8 Å². The average molecular weight is 272 g/mol. The number of rotatable bonds is 6. The van der Waals surface area contributed by atoms with Crippen LogP contribution in [0.4, 0.5) is 0 Å². The normalized spacial score (nSPS) is 9.90. The van der Waals surface area contributed by atoms with E-state index < -0.39 is 0 Å². The molecule has 2 aromatic rings. The second kappa shape index (κ2) is 6.61. The van der Waals surface area contributed by atoms with Gasteiger partial charge in [-0.25, -0.2) is 0 Å². The standard InChI is InChI=1S/C16H16O4/c1-18-14-6-4-3-5-13(14)11-20-15-8-7-12(10-17)9-16(15)19-2/h3-10H,11H2,1-2H3. The Hall–Kier alpha value is -2.49. The Labute approximate surface area is 117 Å². The second-order valence-electron chi connectivity index (χ2n) is 4.13. The Kier molecular flexibility index (Phi) is 4.60. The zero-order valence-corrected chi connectivity index (χ0v) is 11.5. The lowest BCUT2D eigenvalue weighted by Gasteiger charge is -2.12. The number of ether oxygens (including phenoxy) is 3. The van der Waals surface area contributed by atoms with Gasteiger partial charge in [-0.1, -0.05) is 18.2 Å². The first-order valence-corrected chi connectivity index (χ1v) is 6.16. The minimum absolute atomic E-state index is 0.362. The van der Waals surface area contributed by atoms with Crippen molar-refractivity contribution in [2.75, 3.05) is 14.2 Å². The molecule has 20 heavy (non-hydrogen) atoms. The first kappa shape index (κ1) is 13.9. The summed E-state index contributed by atoms with van der Waals surface area (Å²) in [5.74, 6) is 1.89. The van der Waals surface area contributed by atoms with Crippen molar-refractivity contribution >= 4 is 6.29 Å². The molecule has 0 amide bonds. The van der Waals surface area contributed by atoms with Gasteiger partial charge < -0.3 is 14.2 Å². The van der Waals surface area contributed by atoms with Crippen molar-refractivity contribution in [1.82, 2.24) is 0 Å². The number of carbonyl (C=O) groups excluding carboxylic acids is 1. The summed E-state index contributed by atoms with van der Waals surface area (Å²) in [7, 11) is 3.16. The van der Waals surface area contributed by atoms with Crippen LogP contribution >= 0.6 is 0 Å². The van der Waals surface area contributed by atoms with Crippen molar-refractivity contribution in [3.05, 3.63) is 53.6 Å². The molecule has 0 aliphatic carbocycles. The van der Waals surface area contributed by atoms with Gasteiger partial charge in [-0.3, -0.25) is 4.79 Å². The maximum Gasteiger partial charge on any atom is 0.161 e. The summed E-state index contributed by atoms with van der Waals surface area (Å²) in [4.78, 5) is 10.7. The van der Waals surface area contributed by atoms with Crippen LogP contribution in [0.25, 0.3) is 0 Å². The first-order chi connectivity index (χ1) is 9.78. The van der Waals surface area contributed by atoms with E-state index in [4.69, 9.17) is 14.2 Å². The minimum atomic E-state index is 0.362. The first-order valence-electron chi connectivity index (χ1n) is 6.16. The molecule has 4 nitrogen and oxygen atoms in total. The van der Waals surface area contributed by atoms with E-state index in [1.54, 1.807) is 32.4 Å². The van der Waals surface area contributed by atoms with E-state index >= 15 is 0 Å². The van der Waals surface area contributed by atoms with Gasteiger partial charge >= 0.3 is 0 Å². The number of methoxy groups -OCH3 is 2. The fourth-order valence-corrected chi connectivity index (χ4v) is 1.85. The molecule has 0 radical (unpaired) electrons. The van der Waals surface area contributed by atoms with Crippen LogP contribution in [0.3, 0.4) is 0 Å². The molecule has 0 atom stereocenters. The molecule has 0 saturated carbocycles. The lowest BCUT2D eigenvalue weighted by molar-refractivity contribution is 0.112. The Morgan fingerprint density at radius 2 is 1.70 bits per heavy atom. The van der Waals surface area contributed by atoms with E-state index in [9.17, 15) is 4.79 Å². The molecule has 2 rings (SSSR count). The fourth-order valence-electron chi connectivity index (χ4n) is 1.85. The van der Waals surface area contributed by atoms with Crippen molar-refractivity contribution in [3.8, 4) is 17.2 Å². The molecule has 2 aromatic carbocycles. The SMILES string of the molecule is COc1ccccc1COc1ccc(C=O)cc1OC. The van der Waals surface area contributed by atoms with Crippen molar-refractivity contribution in [2.45, 2.75) is 6.61 Å². The predicted octanol–water partition coefficient (Wildman–Crippen LogP) is 3.10. The molecule has 4 heteroatoms. The molecule has 0 heterocycles. The van der Waals surface area contributed by atoms with E-state index in [0.29, 0.717) is 23.7 Å². The highest BCUT2D eigenvalue weighted by molar-refractivity contribution is 5.76.